The Balaban J connectivity index is 2.81. The second-order valence-corrected chi connectivity index (χ2v) is 4.30. The molecule has 4 heteroatoms. The molecule has 1 aromatic rings. The van der Waals surface area contributed by atoms with E-state index in [0.717, 1.165) is 0 Å². The molecule has 1 amide bonds. The molecule has 17 heavy (non-hydrogen) atoms. The third-order valence-electron chi connectivity index (χ3n) is 2.51. The summed E-state index contributed by atoms with van der Waals surface area (Å²) in [6, 6.07) is 6.28. The minimum Gasteiger partial charge on any atom is -0.325 e. The molecule has 1 N–H and O–H groups in total. The number of carbonyl (C=O) groups excluding carboxylic acids is 1. The van der Waals surface area contributed by atoms with Gasteiger partial charge in [-0.1, -0.05) is 13.8 Å². The number of amides is 1. The van der Waals surface area contributed by atoms with Crippen molar-refractivity contribution < 1.29 is 9.18 Å². The number of hydrogen-bond donors (Lipinski definition) is 1. The van der Waals surface area contributed by atoms with Gasteiger partial charge in [-0.25, -0.2) is 4.39 Å². The third-order valence-corrected chi connectivity index (χ3v) is 2.51. The Morgan fingerprint density at radius 1 is 1.47 bits per heavy atom. The number of benzene rings is 1. The van der Waals surface area contributed by atoms with Crippen molar-refractivity contribution in [1.29, 1.82) is 5.26 Å². The second kappa shape index (κ2) is 5.44. The Hall–Kier alpha value is -1.89. The average Bonchev–Trinajstić information content (AvgIpc) is 2.24. The van der Waals surface area contributed by atoms with Gasteiger partial charge >= 0.3 is 0 Å². The molecular formula is C13H15FN2O. The van der Waals surface area contributed by atoms with Crippen LogP contribution in [0.3, 0.4) is 0 Å². The average molecular weight is 234 g/mol. The van der Waals surface area contributed by atoms with Gasteiger partial charge in [0.05, 0.1) is 6.07 Å². The van der Waals surface area contributed by atoms with Crippen molar-refractivity contribution in [1.82, 2.24) is 0 Å². The first-order chi connectivity index (χ1) is 7.95. The van der Waals surface area contributed by atoms with Gasteiger partial charge in [-0.15, -0.1) is 0 Å². The van der Waals surface area contributed by atoms with Crippen LogP contribution in [0, 0.1) is 35.9 Å². The maximum atomic E-state index is 13.0. The summed E-state index contributed by atoms with van der Waals surface area (Å²) in [5, 5.41) is 11.5. The Kier molecular flexibility index (Phi) is 4.22. The quantitative estimate of drug-likeness (QED) is 0.874. The topological polar surface area (TPSA) is 52.9 Å². The van der Waals surface area contributed by atoms with Gasteiger partial charge in [0.1, 0.15) is 11.7 Å². The molecular weight excluding hydrogens is 219 g/mol. The molecule has 1 unspecified atom stereocenters. The van der Waals surface area contributed by atoms with Crippen LogP contribution in [0.4, 0.5) is 10.1 Å². The van der Waals surface area contributed by atoms with E-state index in [2.05, 4.69) is 5.32 Å². The van der Waals surface area contributed by atoms with Crippen molar-refractivity contribution in [2.45, 2.75) is 20.8 Å². The molecule has 0 saturated heterocycles. The van der Waals surface area contributed by atoms with E-state index < -0.39 is 5.92 Å². The molecule has 90 valence electrons. The maximum absolute atomic E-state index is 13.0. The van der Waals surface area contributed by atoms with Crippen LogP contribution in [0.15, 0.2) is 18.2 Å². The van der Waals surface area contributed by atoms with E-state index in [9.17, 15) is 9.18 Å². The predicted molar refractivity (Wildman–Crippen MR) is 63.7 cm³/mol. The van der Waals surface area contributed by atoms with Crippen molar-refractivity contribution in [3.05, 3.63) is 29.6 Å². The summed E-state index contributed by atoms with van der Waals surface area (Å²) in [6.07, 6.45) is 0. The van der Waals surface area contributed by atoms with Crippen LogP contribution in [0.25, 0.3) is 0 Å². The fourth-order valence-corrected chi connectivity index (χ4v) is 1.45. The first-order valence-corrected chi connectivity index (χ1v) is 5.42. The SMILES string of the molecule is Cc1cc(NC(=O)C(C#N)C(C)C)ccc1F. The standard InChI is InChI=1S/C13H15FN2O/c1-8(2)11(7-15)13(17)16-10-4-5-12(14)9(3)6-10/h4-6,8,11H,1-3H3,(H,16,17). The lowest BCUT2D eigenvalue weighted by molar-refractivity contribution is -0.119. The van der Waals surface area contributed by atoms with Crippen molar-refractivity contribution >= 4 is 11.6 Å². The molecule has 0 radical (unpaired) electrons. The molecule has 0 heterocycles. The Morgan fingerprint density at radius 3 is 2.59 bits per heavy atom. The normalized spacial score (nSPS) is 12.0. The predicted octanol–water partition coefficient (Wildman–Crippen LogP) is 2.87. The fraction of sp³-hybridized carbons (Fsp3) is 0.385. The van der Waals surface area contributed by atoms with Crippen molar-refractivity contribution in [2.24, 2.45) is 11.8 Å². The zero-order valence-corrected chi connectivity index (χ0v) is 10.1. The Bertz CT molecular complexity index is 463. The number of rotatable bonds is 3. The molecule has 0 saturated carbocycles. The van der Waals surface area contributed by atoms with Crippen molar-refractivity contribution in [3.8, 4) is 6.07 Å². The van der Waals surface area contributed by atoms with E-state index in [1.807, 2.05) is 19.9 Å². The largest absolute Gasteiger partial charge is 0.325 e. The first kappa shape index (κ1) is 13.2. The van der Waals surface area contributed by atoms with E-state index in [1.165, 1.54) is 12.1 Å². The molecule has 3 nitrogen and oxygen atoms in total. The third kappa shape index (κ3) is 3.28. The van der Waals surface area contributed by atoms with Crippen LogP contribution in [0.5, 0.6) is 0 Å². The number of aryl methyl sites for hydroxylation is 1. The number of carbonyl (C=O) groups is 1. The lowest BCUT2D eigenvalue weighted by Crippen LogP contribution is -2.25. The summed E-state index contributed by atoms with van der Waals surface area (Å²) in [5.41, 5.74) is 0.968. The summed E-state index contributed by atoms with van der Waals surface area (Å²) in [7, 11) is 0. The van der Waals surface area contributed by atoms with Crippen LogP contribution in [-0.2, 0) is 4.79 Å². The van der Waals surface area contributed by atoms with Crippen LogP contribution < -0.4 is 5.32 Å². The minimum absolute atomic E-state index is 0.0541. The molecule has 0 aliphatic rings. The van der Waals surface area contributed by atoms with Gasteiger partial charge in [0.25, 0.3) is 0 Å². The summed E-state index contributed by atoms with van der Waals surface area (Å²) in [4.78, 5) is 11.8. The summed E-state index contributed by atoms with van der Waals surface area (Å²) in [5.74, 6) is -1.42. The first-order valence-electron chi connectivity index (χ1n) is 5.42. The van der Waals surface area contributed by atoms with E-state index in [-0.39, 0.29) is 17.6 Å². The minimum atomic E-state index is -0.694. The highest BCUT2D eigenvalue weighted by molar-refractivity contribution is 5.94. The number of nitriles is 1. The van der Waals surface area contributed by atoms with Crippen LogP contribution in [0.1, 0.15) is 19.4 Å². The summed E-state index contributed by atoms with van der Waals surface area (Å²) in [6.45, 7) is 5.24. The van der Waals surface area contributed by atoms with Gasteiger partial charge in [0.2, 0.25) is 5.91 Å². The summed E-state index contributed by atoms with van der Waals surface area (Å²) >= 11 is 0. The van der Waals surface area contributed by atoms with Gasteiger partial charge in [-0.05, 0) is 36.6 Å². The van der Waals surface area contributed by atoms with Gasteiger partial charge in [-0.2, -0.15) is 5.26 Å². The van der Waals surface area contributed by atoms with Crippen molar-refractivity contribution in [2.75, 3.05) is 5.32 Å². The van der Waals surface area contributed by atoms with Gasteiger partial charge in [-0.3, -0.25) is 4.79 Å². The highest BCUT2D eigenvalue weighted by Crippen LogP contribution is 2.17. The van der Waals surface area contributed by atoms with E-state index in [4.69, 9.17) is 5.26 Å². The highest BCUT2D eigenvalue weighted by atomic mass is 19.1. The van der Waals surface area contributed by atoms with E-state index in [0.29, 0.717) is 11.3 Å². The number of hydrogen-bond acceptors (Lipinski definition) is 2. The maximum Gasteiger partial charge on any atom is 0.241 e. The number of nitrogens with one attached hydrogen (secondary N) is 1. The van der Waals surface area contributed by atoms with Crippen molar-refractivity contribution in [3.63, 3.8) is 0 Å². The lowest BCUT2D eigenvalue weighted by Gasteiger charge is -2.13. The molecule has 0 aromatic heterocycles. The Labute approximate surface area is 100 Å². The summed E-state index contributed by atoms with van der Waals surface area (Å²) < 4.78 is 13.0. The zero-order chi connectivity index (χ0) is 13.0. The highest BCUT2D eigenvalue weighted by Gasteiger charge is 2.21. The van der Waals surface area contributed by atoms with E-state index in [1.54, 1.807) is 13.0 Å². The smallest absolute Gasteiger partial charge is 0.241 e. The number of halogens is 1. The molecule has 0 spiro atoms. The molecule has 1 atom stereocenters. The van der Waals surface area contributed by atoms with Crippen LogP contribution in [-0.4, -0.2) is 5.91 Å². The lowest BCUT2D eigenvalue weighted by atomic mass is 9.96. The van der Waals surface area contributed by atoms with Crippen LogP contribution >= 0.6 is 0 Å². The van der Waals surface area contributed by atoms with Crippen LogP contribution in [0.2, 0.25) is 0 Å². The van der Waals surface area contributed by atoms with Gasteiger partial charge in [0.15, 0.2) is 0 Å². The molecule has 1 aromatic carbocycles. The van der Waals surface area contributed by atoms with E-state index >= 15 is 0 Å². The molecule has 1 rings (SSSR count). The molecule has 0 aliphatic heterocycles. The van der Waals surface area contributed by atoms with Gasteiger partial charge < -0.3 is 5.32 Å². The zero-order valence-electron chi connectivity index (χ0n) is 10.1. The molecule has 0 fully saturated rings. The van der Waals surface area contributed by atoms with Gasteiger partial charge in [0, 0.05) is 5.69 Å². The second-order valence-electron chi connectivity index (χ2n) is 4.30. The number of anilines is 1. The molecule has 0 bridgehead atoms. The fourth-order valence-electron chi connectivity index (χ4n) is 1.45. The monoisotopic (exact) mass is 234 g/mol. The number of nitrogens with zero attached hydrogens (tertiary/aromatic N) is 1. The Morgan fingerprint density at radius 2 is 2.12 bits per heavy atom. The molecule has 0 aliphatic carbocycles.